The number of rotatable bonds is 5. The van der Waals surface area contributed by atoms with Crippen LogP contribution in [0.2, 0.25) is 5.22 Å². The van der Waals surface area contributed by atoms with E-state index in [1.165, 1.54) is 24.9 Å². The van der Waals surface area contributed by atoms with Gasteiger partial charge in [0.2, 0.25) is 0 Å². The van der Waals surface area contributed by atoms with Crippen molar-refractivity contribution in [1.82, 2.24) is 10.2 Å². The number of nitrogens with one attached hydrogen (secondary N) is 1. The summed E-state index contributed by atoms with van der Waals surface area (Å²) in [6, 6.07) is 19.2. The Labute approximate surface area is 153 Å². The molecule has 25 heavy (non-hydrogen) atoms. The maximum Gasteiger partial charge on any atom is 0.199 e. The Morgan fingerprint density at radius 2 is 1.88 bits per heavy atom. The van der Waals surface area contributed by atoms with Crippen molar-refractivity contribution in [2.24, 2.45) is 0 Å². The van der Waals surface area contributed by atoms with Gasteiger partial charge in [-0.25, -0.2) is 0 Å². The Morgan fingerprint density at radius 1 is 1.08 bits per heavy atom. The predicted octanol–water partition coefficient (Wildman–Crippen LogP) is 4.84. The summed E-state index contributed by atoms with van der Waals surface area (Å²) in [4.78, 5) is 2.53. The zero-order valence-electron chi connectivity index (χ0n) is 14.2. The van der Waals surface area contributed by atoms with Gasteiger partial charge in [-0.3, -0.25) is 4.90 Å². The third kappa shape index (κ3) is 3.90. The number of nitrogens with zero attached hydrogens (tertiary/aromatic N) is 1. The van der Waals surface area contributed by atoms with E-state index in [2.05, 4.69) is 46.6 Å². The quantitative estimate of drug-likeness (QED) is 0.710. The van der Waals surface area contributed by atoms with Gasteiger partial charge in [0, 0.05) is 36.6 Å². The number of halogens is 1. The van der Waals surface area contributed by atoms with Crippen LogP contribution in [0.1, 0.15) is 24.0 Å². The molecule has 0 saturated carbocycles. The minimum Gasteiger partial charge on any atom is -0.444 e. The average Bonchev–Trinajstić information content (AvgIpc) is 2.96. The largest absolute Gasteiger partial charge is 0.444 e. The predicted molar refractivity (Wildman–Crippen MR) is 103 cm³/mol. The van der Waals surface area contributed by atoms with E-state index >= 15 is 0 Å². The van der Waals surface area contributed by atoms with Crippen molar-refractivity contribution in [3.63, 3.8) is 0 Å². The lowest BCUT2D eigenvalue weighted by Gasteiger charge is -2.33. The molecule has 1 aromatic heterocycles. The second-order valence-corrected chi connectivity index (χ2v) is 7.13. The highest BCUT2D eigenvalue weighted by molar-refractivity contribution is 6.30. The molecule has 4 rings (SSSR count). The summed E-state index contributed by atoms with van der Waals surface area (Å²) >= 11 is 6.30. The number of hydrogen-bond donors (Lipinski definition) is 1. The van der Waals surface area contributed by atoms with E-state index in [0.29, 0.717) is 11.3 Å². The van der Waals surface area contributed by atoms with Crippen LogP contribution in [0.25, 0.3) is 11.0 Å². The fraction of sp³-hybridized carbons (Fsp3) is 0.333. The molecule has 3 nitrogen and oxygen atoms in total. The maximum absolute atomic E-state index is 6.30. The van der Waals surface area contributed by atoms with Crippen LogP contribution in [0.4, 0.5) is 0 Å². The van der Waals surface area contributed by atoms with Gasteiger partial charge in [0.25, 0.3) is 0 Å². The molecule has 0 aliphatic carbocycles. The topological polar surface area (TPSA) is 28.4 Å². The summed E-state index contributed by atoms with van der Waals surface area (Å²) in [5.74, 6) is 0. The Kier molecular flexibility index (Phi) is 5.07. The SMILES string of the molecule is Clc1oc2ccccc2c1CNC1CCCN(Cc2ccccc2)C1. The molecular weight excluding hydrogens is 332 g/mol. The number of fused-ring (bicyclic) bond motifs is 1. The summed E-state index contributed by atoms with van der Waals surface area (Å²) in [7, 11) is 0. The van der Waals surface area contributed by atoms with Gasteiger partial charge in [-0.15, -0.1) is 0 Å². The third-order valence-corrected chi connectivity index (χ3v) is 5.28. The van der Waals surface area contributed by atoms with Gasteiger partial charge in [0.15, 0.2) is 5.22 Å². The molecule has 1 aliphatic rings. The second kappa shape index (κ2) is 7.61. The van der Waals surface area contributed by atoms with Crippen molar-refractivity contribution in [2.45, 2.75) is 32.0 Å². The lowest BCUT2D eigenvalue weighted by Crippen LogP contribution is -2.45. The van der Waals surface area contributed by atoms with Crippen molar-refractivity contribution in [2.75, 3.05) is 13.1 Å². The second-order valence-electron chi connectivity index (χ2n) is 6.79. The van der Waals surface area contributed by atoms with Crippen LogP contribution < -0.4 is 5.32 Å². The highest BCUT2D eigenvalue weighted by atomic mass is 35.5. The van der Waals surface area contributed by atoms with E-state index in [9.17, 15) is 0 Å². The summed E-state index contributed by atoms with van der Waals surface area (Å²) < 4.78 is 5.65. The first kappa shape index (κ1) is 16.6. The van der Waals surface area contributed by atoms with Crippen LogP contribution in [-0.2, 0) is 13.1 Å². The van der Waals surface area contributed by atoms with E-state index in [1.807, 2.05) is 18.2 Å². The average molecular weight is 355 g/mol. The lowest BCUT2D eigenvalue weighted by molar-refractivity contribution is 0.183. The summed E-state index contributed by atoms with van der Waals surface area (Å²) in [6.45, 7) is 4.01. The van der Waals surface area contributed by atoms with Crippen LogP contribution >= 0.6 is 11.6 Å². The number of piperidine rings is 1. The van der Waals surface area contributed by atoms with Crippen molar-refractivity contribution in [1.29, 1.82) is 0 Å². The molecule has 0 bridgehead atoms. The first-order valence-corrected chi connectivity index (χ1v) is 9.33. The van der Waals surface area contributed by atoms with E-state index < -0.39 is 0 Å². The Balaban J connectivity index is 1.38. The van der Waals surface area contributed by atoms with Crippen molar-refractivity contribution in [3.8, 4) is 0 Å². The number of likely N-dealkylation sites (tertiary alicyclic amines) is 1. The lowest BCUT2D eigenvalue weighted by atomic mass is 10.0. The zero-order chi connectivity index (χ0) is 17.1. The summed E-state index contributed by atoms with van der Waals surface area (Å²) in [5.41, 5.74) is 3.31. The monoisotopic (exact) mass is 354 g/mol. The summed E-state index contributed by atoms with van der Waals surface area (Å²) in [6.07, 6.45) is 2.43. The van der Waals surface area contributed by atoms with Gasteiger partial charge < -0.3 is 9.73 Å². The van der Waals surface area contributed by atoms with Gasteiger partial charge >= 0.3 is 0 Å². The van der Waals surface area contributed by atoms with Crippen LogP contribution in [0.15, 0.2) is 59.0 Å². The van der Waals surface area contributed by atoms with Crippen molar-refractivity contribution >= 4 is 22.6 Å². The fourth-order valence-corrected chi connectivity index (χ4v) is 3.94. The molecular formula is C21H23ClN2O. The Bertz CT molecular complexity index is 830. The standard InChI is InChI=1S/C21H23ClN2O/c22-21-19(18-10-4-5-11-20(18)25-21)13-23-17-9-6-12-24(15-17)14-16-7-2-1-3-8-16/h1-5,7-8,10-11,17,23H,6,9,12-15H2. The van der Waals surface area contributed by atoms with Gasteiger partial charge in [0.05, 0.1) is 0 Å². The molecule has 1 fully saturated rings. The molecule has 0 radical (unpaired) electrons. The van der Waals surface area contributed by atoms with Gasteiger partial charge in [-0.05, 0) is 42.6 Å². The number of para-hydroxylation sites is 1. The molecule has 1 atom stereocenters. The van der Waals surface area contributed by atoms with Crippen LogP contribution in [0.3, 0.4) is 0 Å². The zero-order valence-corrected chi connectivity index (χ0v) is 15.0. The van der Waals surface area contributed by atoms with Gasteiger partial charge in [0.1, 0.15) is 5.58 Å². The van der Waals surface area contributed by atoms with Gasteiger partial charge in [-0.2, -0.15) is 0 Å². The van der Waals surface area contributed by atoms with Crippen LogP contribution in [-0.4, -0.2) is 24.0 Å². The molecule has 3 aromatic rings. The molecule has 1 N–H and O–H groups in total. The third-order valence-electron chi connectivity index (χ3n) is 4.97. The molecule has 1 saturated heterocycles. The highest BCUT2D eigenvalue weighted by Gasteiger charge is 2.21. The number of benzene rings is 2. The van der Waals surface area contributed by atoms with Crippen molar-refractivity contribution < 1.29 is 4.42 Å². The van der Waals surface area contributed by atoms with E-state index in [0.717, 1.165) is 36.2 Å². The first-order chi connectivity index (χ1) is 12.3. The maximum atomic E-state index is 6.30. The molecule has 1 unspecified atom stereocenters. The molecule has 130 valence electrons. The minimum absolute atomic E-state index is 0.488. The number of furan rings is 1. The Morgan fingerprint density at radius 3 is 2.76 bits per heavy atom. The smallest absolute Gasteiger partial charge is 0.199 e. The van der Waals surface area contributed by atoms with E-state index in [-0.39, 0.29) is 0 Å². The molecule has 1 aliphatic heterocycles. The molecule has 4 heteroatoms. The highest BCUT2D eigenvalue weighted by Crippen LogP contribution is 2.29. The van der Waals surface area contributed by atoms with E-state index in [4.69, 9.17) is 16.0 Å². The van der Waals surface area contributed by atoms with Gasteiger partial charge in [-0.1, -0.05) is 48.5 Å². The minimum atomic E-state index is 0.488. The fourth-order valence-electron chi connectivity index (χ4n) is 3.69. The Hall–Kier alpha value is -1.81. The summed E-state index contributed by atoms with van der Waals surface area (Å²) in [5, 5.41) is 5.30. The van der Waals surface area contributed by atoms with E-state index in [1.54, 1.807) is 0 Å². The van der Waals surface area contributed by atoms with Crippen LogP contribution in [0.5, 0.6) is 0 Å². The number of hydrogen-bond acceptors (Lipinski definition) is 3. The molecule has 0 spiro atoms. The molecule has 2 aromatic carbocycles. The normalized spacial score (nSPS) is 18.7. The van der Waals surface area contributed by atoms with Crippen LogP contribution in [0, 0.1) is 0 Å². The van der Waals surface area contributed by atoms with Crippen molar-refractivity contribution in [3.05, 3.63) is 70.9 Å². The molecule has 2 heterocycles. The first-order valence-electron chi connectivity index (χ1n) is 8.95. The molecule has 0 amide bonds.